The number of likely N-dealkylation sites (tertiary alicyclic amines) is 2. The number of halogens is 1. The summed E-state index contributed by atoms with van der Waals surface area (Å²) in [6.07, 6.45) is 6.03. The number of hydrogen-bond donors (Lipinski definition) is 1. The van der Waals surface area contributed by atoms with Crippen molar-refractivity contribution in [2.45, 2.75) is 38.1 Å². The first-order valence-corrected chi connectivity index (χ1v) is 9.05. The van der Waals surface area contributed by atoms with Gasteiger partial charge in [-0.2, -0.15) is 0 Å². The molecule has 0 bridgehead atoms. The number of hydrogen-bond acceptors (Lipinski definition) is 3. The number of nitrogens with one attached hydrogen (secondary N) is 1. The Morgan fingerprint density at radius 3 is 2.67 bits per heavy atom. The molecule has 0 aliphatic carbocycles. The first-order chi connectivity index (χ1) is 11.3. The summed E-state index contributed by atoms with van der Waals surface area (Å²) in [6.45, 7) is 5.14. The maximum atomic E-state index is 12.9. The molecular formula is C19H30ClN3O. The second-order valence-corrected chi connectivity index (χ2v) is 6.80. The number of likely N-dealkylation sites (N-methyl/N-ethyl adjacent to an activating group) is 1. The lowest BCUT2D eigenvalue weighted by atomic mass is 10.0. The van der Waals surface area contributed by atoms with Crippen LogP contribution in [-0.4, -0.2) is 61.5 Å². The Balaban J connectivity index is 0.00000208. The zero-order valence-corrected chi connectivity index (χ0v) is 15.5. The maximum absolute atomic E-state index is 12.9. The number of carbonyl (C=O) groups excluding carboxylic acids is 1. The van der Waals surface area contributed by atoms with Gasteiger partial charge in [0.05, 0.1) is 0 Å². The van der Waals surface area contributed by atoms with Crippen LogP contribution in [0.4, 0.5) is 0 Å². The van der Waals surface area contributed by atoms with Gasteiger partial charge < -0.3 is 10.2 Å². The van der Waals surface area contributed by atoms with Gasteiger partial charge in [0.2, 0.25) is 0 Å². The van der Waals surface area contributed by atoms with Gasteiger partial charge in [-0.1, -0.05) is 24.6 Å². The summed E-state index contributed by atoms with van der Waals surface area (Å²) in [4.78, 5) is 17.6. The van der Waals surface area contributed by atoms with Crippen molar-refractivity contribution in [1.29, 1.82) is 0 Å². The molecule has 5 heteroatoms. The van der Waals surface area contributed by atoms with Crippen LogP contribution in [0.3, 0.4) is 0 Å². The Bertz CT molecular complexity index is 531. The SMILES string of the molecule is CNCCc1ccccc1C(=O)N1CCC(N2CCCCC2)C1.Cl. The first kappa shape index (κ1) is 19.2. The third kappa shape index (κ3) is 4.50. The first-order valence-electron chi connectivity index (χ1n) is 9.05. The second kappa shape index (κ2) is 9.40. The second-order valence-electron chi connectivity index (χ2n) is 6.80. The molecule has 3 rings (SSSR count). The third-order valence-corrected chi connectivity index (χ3v) is 5.25. The van der Waals surface area contributed by atoms with Crippen LogP contribution < -0.4 is 5.32 Å². The lowest BCUT2D eigenvalue weighted by Gasteiger charge is -2.32. The topological polar surface area (TPSA) is 35.6 Å². The van der Waals surface area contributed by atoms with E-state index in [-0.39, 0.29) is 18.3 Å². The quantitative estimate of drug-likeness (QED) is 0.885. The van der Waals surface area contributed by atoms with Gasteiger partial charge in [0.15, 0.2) is 0 Å². The van der Waals surface area contributed by atoms with Crippen LogP contribution in [0.25, 0.3) is 0 Å². The van der Waals surface area contributed by atoms with Crippen molar-refractivity contribution < 1.29 is 4.79 Å². The minimum Gasteiger partial charge on any atom is -0.337 e. The van der Waals surface area contributed by atoms with Crippen LogP contribution in [0.1, 0.15) is 41.6 Å². The summed E-state index contributed by atoms with van der Waals surface area (Å²) in [5.41, 5.74) is 2.05. The van der Waals surface area contributed by atoms with Crippen LogP contribution >= 0.6 is 12.4 Å². The molecular weight excluding hydrogens is 322 g/mol. The zero-order valence-electron chi connectivity index (χ0n) is 14.7. The molecule has 134 valence electrons. The normalized spacial score (nSPS) is 21.5. The minimum atomic E-state index is 0. The number of rotatable bonds is 5. The molecule has 1 N–H and O–H groups in total. The van der Waals surface area contributed by atoms with E-state index in [2.05, 4.69) is 21.2 Å². The molecule has 1 aromatic carbocycles. The molecule has 2 heterocycles. The minimum absolute atomic E-state index is 0. The molecule has 0 aromatic heterocycles. The number of amides is 1. The Labute approximate surface area is 152 Å². The average Bonchev–Trinajstić information content (AvgIpc) is 3.10. The van der Waals surface area contributed by atoms with Crippen molar-refractivity contribution in [2.75, 3.05) is 39.8 Å². The Morgan fingerprint density at radius 2 is 1.92 bits per heavy atom. The van der Waals surface area contributed by atoms with E-state index < -0.39 is 0 Å². The van der Waals surface area contributed by atoms with Crippen LogP contribution in [-0.2, 0) is 6.42 Å². The van der Waals surface area contributed by atoms with E-state index in [4.69, 9.17) is 0 Å². The molecule has 0 spiro atoms. The van der Waals surface area contributed by atoms with Crippen molar-refractivity contribution in [3.63, 3.8) is 0 Å². The van der Waals surface area contributed by atoms with Gasteiger partial charge >= 0.3 is 0 Å². The highest BCUT2D eigenvalue weighted by atomic mass is 35.5. The summed E-state index contributed by atoms with van der Waals surface area (Å²) in [5.74, 6) is 0.219. The van der Waals surface area contributed by atoms with Gasteiger partial charge in [0.1, 0.15) is 0 Å². The molecule has 1 aromatic rings. The summed E-state index contributed by atoms with van der Waals surface area (Å²) < 4.78 is 0. The maximum Gasteiger partial charge on any atom is 0.254 e. The molecule has 4 nitrogen and oxygen atoms in total. The molecule has 2 saturated heterocycles. The van der Waals surface area contributed by atoms with E-state index >= 15 is 0 Å². The predicted octanol–water partition coefficient (Wildman–Crippen LogP) is 2.57. The van der Waals surface area contributed by atoms with Gasteiger partial charge in [-0.25, -0.2) is 0 Å². The Hall–Kier alpha value is -1.10. The van der Waals surface area contributed by atoms with Gasteiger partial charge in [-0.15, -0.1) is 12.4 Å². The average molecular weight is 352 g/mol. The van der Waals surface area contributed by atoms with Crippen molar-refractivity contribution in [3.05, 3.63) is 35.4 Å². The van der Waals surface area contributed by atoms with Crippen LogP contribution in [0.15, 0.2) is 24.3 Å². The highest BCUT2D eigenvalue weighted by Crippen LogP contribution is 2.22. The molecule has 0 saturated carbocycles. The summed E-state index contributed by atoms with van der Waals surface area (Å²) in [6, 6.07) is 8.66. The van der Waals surface area contributed by atoms with E-state index in [9.17, 15) is 4.79 Å². The van der Waals surface area contributed by atoms with E-state index in [1.165, 1.54) is 32.4 Å². The van der Waals surface area contributed by atoms with Gasteiger partial charge in [-0.05, 0) is 64.0 Å². The molecule has 24 heavy (non-hydrogen) atoms. The number of nitrogens with zero attached hydrogens (tertiary/aromatic N) is 2. The predicted molar refractivity (Wildman–Crippen MR) is 101 cm³/mol. The van der Waals surface area contributed by atoms with Gasteiger partial charge in [-0.3, -0.25) is 9.69 Å². The molecule has 1 atom stereocenters. The summed E-state index contributed by atoms with van der Waals surface area (Å²) in [5, 5.41) is 3.17. The van der Waals surface area contributed by atoms with Crippen molar-refractivity contribution in [2.24, 2.45) is 0 Å². The third-order valence-electron chi connectivity index (χ3n) is 5.25. The van der Waals surface area contributed by atoms with Crippen LogP contribution in [0.2, 0.25) is 0 Å². The van der Waals surface area contributed by atoms with Crippen LogP contribution in [0.5, 0.6) is 0 Å². The zero-order chi connectivity index (χ0) is 16.1. The Kier molecular flexibility index (Phi) is 7.53. The molecule has 2 aliphatic heterocycles. The van der Waals surface area contributed by atoms with E-state index in [1.54, 1.807) is 0 Å². The van der Waals surface area contributed by atoms with Crippen molar-refractivity contribution in [3.8, 4) is 0 Å². The monoisotopic (exact) mass is 351 g/mol. The summed E-state index contributed by atoms with van der Waals surface area (Å²) in [7, 11) is 1.95. The fourth-order valence-electron chi connectivity index (χ4n) is 3.88. The van der Waals surface area contributed by atoms with Gasteiger partial charge in [0, 0.05) is 24.7 Å². The van der Waals surface area contributed by atoms with E-state index in [0.29, 0.717) is 6.04 Å². The molecule has 1 unspecified atom stereocenters. The molecule has 2 aliphatic rings. The fraction of sp³-hybridized carbons (Fsp3) is 0.632. The lowest BCUT2D eigenvalue weighted by Crippen LogP contribution is -2.41. The number of carbonyl (C=O) groups is 1. The standard InChI is InChI=1S/C19H29N3O.ClH/c1-20-11-9-16-7-3-4-8-18(16)19(23)22-14-10-17(15-22)21-12-5-2-6-13-21;/h3-4,7-8,17,20H,2,5-6,9-15H2,1H3;1H. The fourth-order valence-corrected chi connectivity index (χ4v) is 3.88. The van der Waals surface area contributed by atoms with Crippen molar-refractivity contribution >= 4 is 18.3 Å². The highest BCUT2D eigenvalue weighted by Gasteiger charge is 2.31. The Morgan fingerprint density at radius 1 is 1.17 bits per heavy atom. The van der Waals surface area contributed by atoms with Crippen molar-refractivity contribution in [1.82, 2.24) is 15.1 Å². The lowest BCUT2D eigenvalue weighted by molar-refractivity contribution is 0.0770. The van der Waals surface area contributed by atoms with E-state index in [0.717, 1.165) is 43.6 Å². The highest BCUT2D eigenvalue weighted by molar-refractivity contribution is 5.96. The number of benzene rings is 1. The number of piperidine rings is 1. The smallest absolute Gasteiger partial charge is 0.254 e. The molecule has 2 fully saturated rings. The van der Waals surface area contributed by atoms with Gasteiger partial charge in [0.25, 0.3) is 5.91 Å². The summed E-state index contributed by atoms with van der Waals surface area (Å²) >= 11 is 0. The van der Waals surface area contributed by atoms with E-state index in [1.807, 2.05) is 25.2 Å². The molecule has 0 radical (unpaired) electrons. The van der Waals surface area contributed by atoms with Crippen LogP contribution in [0, 0.1) is 0 Å². The molecule has 1 amide bonds. The largest absolute Gasteiger partial charge is 0.337 e.